The molecule has 0 unspecified atom stereocenters. The highest BCUT2D eigenvalue weighted by Gasteiger charge is 2.00. The quantitative estimate of drug-likeness (QED) is 0.389. The number of rotatable bonds is 11. The molecule has 0 spiro atoms. The van der Waals surface area contributed by atoms with Crippen LogP contribution in [0.2, 0.25) is 0 Å². The summed E-state index contributed by atoms with van der Waals surface area (Å²) >= 11 is 0. The number of hydrogen-bond acceptors (Lipinski definition) is 2. The molecule has 0 N–H and O–H groups in total. The van der Waals surface area contributed by atoms with Crippen LogP contribution in [-0.2, 0) is 9.53 Å². The van der Waals surface area contributed by atoms with E-state index in [0.717, 1.165) is 12.8 Å². The molecule has 0 bridgehead atoms. The molecule has 95 valence electrons. The molecule has 0 saturated heterocycles. The van der Waals surface area contributed by atoms with Gasteiger partial charge in [0.05, 0.1) is 6.61 Å². The molecular formula is C14H27O2. The molecule has 0 heterocycles. The SMILES string of the molecule is [CH2]COC(=O)CCCCCCCCCCC. The topological polar surface area (TPSA) is 26.3 Å². The Bertz CT molecular complexity index is 155. The fourth-order valence-corrected chi connectivity index (χ4v) is 1.77. The second-order valence-corrected chi connectivity index (χ2v) is 4.30. The maximum Gasteiger partial charge on any atom is 0.305 e. The van der Waals surface area contributed by atoms with Gasteiger partial charge < -0.3 is 4.74 Å². The smallest absolute Gasteiger partial charge is 0.305 e. The third kappa shape index (κ3) is 11.5. The zero-order chi connectivity index (χ0) is 12.1. The molecule has 0 atom stereocenters. The lowest BCUT2D eigenvalue weighted by Crippen LogP contribution is -2.03. The predicted molar refractivity (Wildman–Crippen MR) is 68.2 cm³/mol. The molecule has 0 amide bonds. The number of ether oxygens (including phenoxy) is 1. The first kappa shape index (κ1) is 15.5. The minimum atomic E-state index is -0.0991. The van der Waals surface area contributed by atoms with Crippen molar-refractivity contribution in [2.24, 2.45) is 0 Å². The van der Waals surface area contributed by atoms with Crippen LogP contribution < -0.4 is 0 Å². The van der Waals surface area contributed by atoms with Crippen LogP contribution in [0.25, 0.3) is 0 Å². The van der Waals surface area contributed by atoms with E-state index in [9.17, 15) is 4.79 Å². The van der Waals surface area contributed by atoms with Crippen molar-refractivity contribution >= 4 is 5.97 Å². The predicted octanol–water partition coefficient (Wildman–Crippen LogP) is 4.28. The average molecular weight is 227 g/mol. The van der Waals surface area contributed by atoms with Crippen molar-refractivity contribution in [3.63, 3.8) is 0 Å². The number of esters is 1. The van der Waals surface area contributed by atoms with Gasteiger partial charge in [-0.25, -0.2) is 0 Å². The summed E-state index contributed by atoms with van der Waals surface area (Å²) in [6.45, 7) is 5.98. The van der Waals surface area contributed by atoms with Gasteiger partial charge in [-0.15, -0.1) is 0 Å². The lowest BCUT2D eigenvalue weighted by atomic mass is 10.1. The van der Waals surface area contributed by atoms with Gasteiger partial charge in [-0.05, 0) is 13.3 Å². The zero-order valence-corrected chi connectivity index (χ0v) is 10.8. The molecule has 0 aromatic carbocycles. The molecule has 0 aliphatic carbocycles. The lowest BCUT2D eigenvalue weighted by molar-refractivity contribution is -0.142. The van der Waals surface area contributed by atoms with Crippen molar-refractivity contribution in [3.8, 4) is 0 Å². The molecular weight excluding hydrogens is 200 g/mol. The summed E-state index contributed by atoms with van der Waals surface area (Å²) in [6, 6.07) is 0. The molecule has 2 nitrogen and oxygen atoms in total. The van der Waals surface area contributed by atoms with Crippen molar-refractivity contribution in [1.29, 1.82) is 0 Å². The van der Waals surface area contributed by atoms with Crippen molar-refractivity contribution in [2.75, 3.05) is 6.61 Å². The third-order valence-corrected chi connectivity index (χ3v) is 2.75. The van der Waals surface area contributed by atoms with Crippen LogP contribution in [0, 0.1) is 6.92 Å². The normalized spacial score (nSPS) is 10.4. The summed E-state index contributed by atoms with van der Waals surface area (Å²) in [4.78, 5) is 11.0. The summed E-state index contributed by atoms with van der Waals surface area (Å²) in [5, 5.41) is 0. The maximum absolute atomic E-state index is 11.0. The van der Waals surface area contributed by atoms with Crippen molar-refractivity contribution in [1.82, 2.24) is 0 Å². The summed E-state index contributed by atoms with van der Waals surface area (Å²) in [6.07, 6.45) is 12.0. The van der Waals surface area contributed by atoms with Crippen LogP contribution in [0.5, 0.6) is 0 Å². The molecule has 0 saturated carbocycles. The number of carbonyl (C=O) groups excluding carboxylic acids is 1. The van der Waals surface area contributed by atoms with Crippen LogP contribution in [0.1, 0.15) is 71.1 Å². The molecule has 2 heteroatoms. The van der Waals surface area contributed by atoms with Gasteiger partial charge in [0.1, 0.15) is 0 Å². The molecule has 0 aliphatic heterocycles. The highest BCUT2D eigenvalue weighted by Crippen LogP contribution is 2.10. The summed E-state index contributed by atoms with van der Waals surface area (Å²) in [5.41, 5.74) is 0. The molecule has 0 aliphatic rings. The third-order valence-electron chi connectivity index (χ3n) is 2.75. The first-order valence-corrected chi connectivity index (χ1v) is 6.76. The summed E-state index contributed by atoms with van der Waals surface area (Å²) < 4.78 is 4.76. The Morgan fingerprint density at radius 1 is 0.938 bits per heavy atom. The van der Waals surface area contributed by atoms with E-state index in [1.165, 1.54) is 44.9 Å². The number of carbonyl (C=O) groups is 1. The van der Waals surface area contributed by atoms with Gasteiger partial charge in [-0.3, -0.25) is 4.79 Å². The summed E-state index contributed by atoms with van der Waals surface area (Å²) in [5.74, 6) is -0.0991. The van der Waals surface area contributed by atoms with E-state index in [4.69, 9.17) is 4.74 Å². The molecule has 1 radical (unpaired) electrons. The minimum Gasteiger partial charge on any atom is -0.466 e. The fourth-order valence-electron chi connectivity index (χ4n) is 1.77. The van der Waals surface area contributed by atoms with Gasteiger partial charge in [0.15, 0.2) is 0 Å². The molecule has 0 fully saturated rings. The van der Waals surface area contributed by atoms with Gasteiger partial charge >= 0.3 is 5.97 Å². The van der Waals surface area contributed by atoms with Crippen LogP contribution >= 0.6 is 0 Å². The highest BCUT2D eigenvalue weighted by atomic mass is 16.5. The van der Waals surface area contributed by atoms with Crippen LogP contribution in [0.15, 0.2) is 0 Å². The molecule has 0 rings (SSSR count). The Kier molecular flexibility index (Phi) is 12.1. The minimum absolute atomic E-state index is 0.0991. The highest BCUT2D eigenvalue weighted by molar-refractivity contribution is 5.69. The van der Waals surface area contributed by atoms with E-state index in [1.807, 2.05) is 0 Å². The van der Waals surface area contributed by atoms with E-state index in [-0.39, 0.29) is 12.6 Å². The largest absolute Gasteiger partial charge is 0.466 e. The fraction of sp³-hybridized carbons (Fsp3) is 0.857. The van der Waals surface area contributed by atoms with Gasteiger partial charge in [0.2, 0.25) is 0 Å². The second-order valence-electron chi connectivity index (χ2n) is 4.30. The number of unbranched alkanes of at least 4 members (excludes halogenated alkanes) is 8. The van der Waals surface area contributed by atoms with E-state index in [0.29, 0.717) is 6.42 Å². The van der Waals surface area contributed by atoms with Gasteiger partial charge in [0.25, 0.3) is 0 Å². The summed E-state index contributed by atoms with van der Waals surface area (Å²) in [7, 11) is 0. The van der Waals surface area contributed by atoms with Crippen molar-refractivity contribution in [3.05, 3.63) is 6.92 Å². The van der Waals surface area contributed by atoms with Gasteiger partial charge in [-0.1, -0.05) is 58.3 Å². The Labute approximate surface area is 101 Å². The second kappa shape index (κ2) is 12.5. The lowest BCUT2D eigenvalue weighted by Gasteiger charge is -2.02. The van der Waals surface area contributed by atoms with E-state index in [2.05, 4.69) is 13.8 Å². The maximum atomic E-state index is 11.0. The van der Waals surface area contributed by atoms with E-state index >= 15 is 0 Å². The standard InChI is InChI=1S/C14H27O2/c1-3-5-6-7-8-9-10-11-12-13-14(15)16-4-2/h2-13H2,1H3. The van der Waals surface area contributed by atoms with Gasteiger partial charge in [0, 0.05) is 6.42 Å². The van der Waals surface area contributed by atoms with Crippen LogP contribution in [0.3, 0.4) is 0 Å². The Hall–Kier alpha value is -0.530. The molecule has 0 aromatic rings. The van der Waals surface area contributed by atoms with Crippen LogP contribution in [0.4, 0.5) is 0 Å². The van der Waals surface area contributed by atoms with Gasteiger partial charge in [-0.2, -0.15) is 0 Å². The number of hydrogen-bond donors (Lipinski definition) is 0. The average Bonchev–Trinajstić information content (AvgIpc) is 2.27. The van der Waals surface area contributed by atoms with Crippen molar-refractivity contribution in [2.45, 2.75) is 71.1 Å². The van der Waals surface area contributed by atoms with Crippen LogP contribution in [-0.4, -0.2) is 12.6 Å². The first-order chi connectivity index (χ1) is 7.81. The molecule has 0 aromatic heterocycles. The Morgan fingerprint density at radius 3 is 1.94 bits per heavy atom. The van der Waals surface area contributed by atoms with E-state index < -0.39 is 0 Å². The Balaban J connectivity index is 3.01. The van der Waals surface area contributed by atoms with E-state index in [1.54, 1.807) is 0 Å². The Morgan fingerprint density at radius 2 is 1.44 bits per heavy atom. The zero-order valence-electron chi connectivity index (χ0n) is 10.8. The monoisotopic (exact) mass is 227 g/mol. The molecule has 16 heavy (non-hydrogen) atoms. The first-order valence-electron chi connectivity index (χ1n) is 6.76. The van der Waals surface area contributed by atoms with Crippen molar-refractivity contribution < 1.29 is 9.53 Å².